The summed E-state index contributed by atoms with van der Waals surface area (Å²) in [7, 11) is 0. The van der Waals surface area contributed by atoms with Gasteiger partial charge in [0.15, 0.2) is 0 Å². The van der Waals surface area contributed by atoms with Crippen LogP contribution in [-0.4, -0.2) is 11.8 Å². The number of rotatable bonds is 2. The van der Waals surface area contributed by atoms with Gasteiger partial charge in [-0.3, -0.25) is 4.79 Å². The molecule has 0 radical (unpaired) electrons. The maximum Gasteiger partial charge on any atom is 0.239 e. The van der Waals surface area contributed by atoms with Gasteiger partial charge in [0.1, 0.15) is 11.9 Å². The molecule has 0 unspecified atom stereocenters. The van der Waals surface area contributed by atoms with Crippen LogP contribution in [0.3, 0.4) is 0 Å². The van der Waals surface area contributed by atoms with E-state index < -0.39 is 0 Å². The zero-order chi connectivity index (χ0) is 10.6. The molecule has 0 saturated carbocycles. The van der Waals surface area contributed by atoms with Crippen molar-refractivity contribution in [3.63, 3.8) is 0 Å². The van der Waals surface area contributed by atoms with Gasteiger partial charge >= 0.3 is 0 Å². The number of anilines is 1. The summed E-state index contributed by atoms with van der Waals surface area (Å²) in [5, 5.41) is 11.3. The third-order valence-corrected chi connectivity index (χ3v) is 2.23. The number of carbonyl (C=O) groups excluding carboxylic acids is 1. The van der Waals surface area contributed by atoms with E-state index in [1.807, 2.05) is 6.07 Å². The summed E-state index contributed by atoms with van der Waals surface area (Å²) in [6, 6.07) is 6.98. The molecule has 5 heteroatoms. The van der Waals surface area contributed by atoms with E-state index in [4.69, 9.17) is 16.9 Å². The van der Waals surface area contributed by atoms with E-state index in [0.717, 1.165) is 4.47 Å². The van der Waals surface area contributed by atoms with Gasteiger partial charge in [-0.15, -0.1) is 11.6 Å². The Kier molecular flexibility index (Phi) is 3.93. The van der Waals surface area contributed by atoms with Crippen molar-refractivity contribution in [1.29, 1.82) is 5.26 Å². The molecule has 0 aromatic heterocycles. The van der Waals surface area contributed by atoms with E-state index in [0.29, 0.717) is 11.3 Å². The molecule has 0 heterocycles. The number of nitrogens with one attached hydrogen (secondary N) is 1. The first kappa shape index (κ1) is 11.0. The Bertz CT molecular complexity index is 400. The van der Waals surface area contributed by atoms with Crippen molar-refractivity contribution in [3.8, 4) is 6.07 Å². The van der Waals surface area contributed by atoms with E-state index in [1.165, 1.54) is 0 Å². The van der Waals surface area contributed by atoms with Gasteiger partial charge in [-0.05, 0) is 18.2 Å². The summed E-state index contributed by atoms with van der Waals surface area (Å²) in [4.78, 5) is 11.0. The fourth-order valence-electron chi connectivity index (χ4n) is 0.901. The van der Waals surface area contributed by atoms with Crippen molar-refractivity contribution in [2.75, 3.05) is 11.2 Å². The third-order valence-electron chi connectivity index (χ3n) is 1.50. The van der Waals surface area contributed by atoms with Gasteiger partial charge < -0.3 is 5.32 Å². The maximum atomic E-state index is 11.0. The first-order chi connectivity index (χ1) is 6.67. The summed E-state index contributed by atoms with van der Waals surface area (Å²) < 4.78 is 0.793. The fourth-order valence-corrected chi connectivity index (χ4v) is 1.33. The zero-order valence-electron chi connectivity index (χ0n) is 7.05. The SMILES string of the molecule is N#Cc1ccc(Br)cc1NC(=O)CCl. The highest BCUT2D eigenvalue weighted by Gasteiger charge is 2.05. The number of carbonyl (C=O) groups is 1. The van der Waals surface area contributed by atoms with E-state index in [-0.39, 0.29) is 11.8 Å². The summed E-state index contributed by atoms with van der Waals surface area (Å²) >= 11 is 8.57. The summed E-state index contributed by atoms with van der Waals surface area (Å²) in [5.74, 6) is -0.460. The number of alkyl halides is 1. The van der Waals surface area contributed by atoms with Crippen molar-refractivity contribution in [3.05, 3.63) is 28.2 Å². The first-order valence-corrected chi connectivity index (χ1v) is 5.05. The van der Waals surface area contributed by atoms with Gasteiger partial charge in [0.2, 0.25) is 5.91 Å². The Balaban J connectivity index is 3.00. The highest BCUT2D eigenvalue weighted by atomic mass is 79.9. The lowest BCUT2D eigenvalue weighted by atomic mass is 10.2. The van der Waals surface area contributed by atoms with Crippen LogP contribution in [0.4, 0.5) is 5.69 Å². The first-order valence-electron chi connectivity index (χ1n) is 3.73. The lowest BCUT2D eigenvalue weighted by molar-refractivity contribution is -0.113. The third kappa shape index (κ3) is 2.72. The quantitative estimate of drug-likeness (QED) is 0.842. The predicted molar refractivity (Wildman–Crippen MR) is 58.2 cm³/mol. The van der Waals surface area contributed by atoms with Crippen LogP contribution in [0.25, 0.3) is 0 Å². The molecule has 14 heavy (non-hydrogen) atoms. The van der Waals surface area contributed by atoms with Gasteiger partial charge in [-0.1, -0.05) is 15.9 Å². The lowest BCUT2D eigenvalue weighted by Gasteiger charge is -2.05. The van der Waals surface area contributed by atoms with Crippen molar-refractivity contribution in [2.45, 2.75) is 0 Å². The Labute approximate surface area is 94.8 Å². The van der Waals surface area contributed by atoms with E-state index in [1.54, 1.807) is 18.2 Å². The molecule has 1 amide bonds. The van der Waals surface area contributed by atoms with Gasteiger partial charge in [0.05, 0.1) is 11.3 Å². The Hall–Kier alpha value is -1.05. The number of hydrogen-bond acceptors (Lipinski definition) is 2. The van der Waals surface area contributed by atoms with E-state index >= 15 is 0 Å². The number of nitriles is 1. The van der Waals surface area contributed by atoms with Crippen molar-refractivity contribution in [2.24, 2.45) is 0 Å². The van der Waals surface area contributed by atoms with Gasteiger partial charge in [-0.25, -0.2) is 0 Å². The highest BCUT2D eigenvalue weighted by Crippen LogP contribution is 2.20. The van der Waals surface area contributed by atoms with Gasteiger partial charge in [0, 0.05) is 4.47 Å². The molecule has 1 N–H and O–H groups in total. The van der Waals surface area contributed by atoms with Gasteiger partial charge in [0.25, 0.3) is 0 Å². The van der Waals surface area contributed by atoms with Crippen LogP contribution < -0.4 is 5.32 Å². The predicted octanol–water partition coefficient (Wildman–Crippen LogP) is 2.50. The summed E-state index contributed by atoms with van der Waals surface area (Å²) in [6.07, 6.45) is 0. The number of halogens is 2. The van der Waals surface area contributed by atoms with Crippen LogP contribution in [0.15, 0.2) is 22.7 Å². The molecule has 0 atom stereocenters. The standard InChI is InChI=1S/C9H6BrClN2O/c10-7-2-1-6(5-12)8(3-7)13-9(14)4-11/h1-3H,4H2,(H,13,14). The molecule has 1 rings (SSSR count). The zero-order valence-corrected chi connectivity index (χ0v) is 9.39. The highest BCUT2D eigenvalue weighted by molar-refractivity contribution is 9.10. The minimum absolute atomic E-state index is 0.128. The molecule has 3 nitrogen and oxygen atoms in total. The maximum absolute atomic E-state index is 11.0. The average molecular weight is 274 g/mol. The molecule has 0 aliphatic heterocycles. The summed E-state index contributed by atoms with van der Waals surface area (Å²) in [6.45, 7) is 0. The lowest BCUT2D eigenvalue weighted by Crippen LogP contribution is -2.13. The van der Waals surface area contributed by atoms with Crippen LogP contribution in [0.2, 0.25) is 0 Å². The largest absolute Gasteiger partial charge is 0.324 e. The Morgan fingerprint density at radius 3 is 2.93 bits per heavy atom. The molecule has 1 aromatic carbocycles. The number of amides is 1. The normalized spacial score (nSPS) is 9.21. The van der Waals surface area contributed by atoms with Crippen molar-refractivity contribution >= 4 is 39.1 Å². The second-order valence-corrected chi connectivity index (χ2v) is 3.67. The van der Waals surface area contributed by atoms with Crippen molar-refractivity contribution in [1.82, 2.24) is 0 Å². The molecule has 72 valence electrons. The topological polar surface area (TPSA) is 52.9 Å². The summed E-state index contributed by atoms with van der Waals surface area (Å²) in [5.41, 5.74) is 0.874. The molecule has 0 fully saturated rings. The molecule has 0 saturated heterocycles. The molecule has 0 aliphatic carbocycles. The van der Waals surface area contributed by atoms with Gasteiger partial charge in [-0.2, -0.15) is 5.26 Å². The number of nitrogens with zero attached hydrogens (tertiary/aromatic N) is 1. The number of benzene rings is 1. The average Bonchev–Trinajstić information content (AvgIpc) is 2.18. The Morgan fingerprint density at radius 1 is 1.64 bits per heavy atom. The molecule has 0 bridgehead atoms. The van der Waals surface area contributed by atoms with E-state index in [9.17, 15) is 4.79 Å². The van der Waals surface area contributed by atoms with Crippen LogP contribution in [0.5, 0.6) is 0 Å². The van der Waals surface area contributed by atoms with E-state index in [2.05, 4.69) is 21.2 Å². The molecular weight excluding hydrogens is 267 g/mol. The van der Waals surface area contributed by atoms with Crippen molar-refractivity contribution < 1.29 is 4.79 Å². The minimum Gasteiger partial charge on any atom is -0.324 e. The van der Waals surface area contributed by atoms with Crippen LogP contribution in [0.1, 0.15) is 5.56 Å². The van der Waals surface area contributed by atoms with Crippen LogP contribution in [-0.2, 0) is 4.79 Å². The molecule has 0 aliphatic rings. The van der Waals surface area contributed by atoms with Crippen LogP contribution >= 0.6 is 27.5 Å². The second kappa shape index (κ2) is 4.99. The monoisotopic (exact) mass is 272 g/mol. The minimum atomic E-state index is -0.332. The smallest absolute Gasteiger partial charge is 0.239 e. The molecular formula is C9H6BrClN2O. The molecule has 1 aromatic rings. The molecule has 0 spiro atoms. The van der Waals surface area contributed by atoms with Crippen LogP contribution in [0, 0.1) is 11.3 Å². The second-order valence-electron chi connectivity index (χ2n) is 2.48. The number of hydrogen-bond donors (Lipinski definition) is 1. The fraction of sp³-hybridized carbons (Fsp3) is 0.111. The Morgan fingerprint density at radius 2 is 2.36 bits per heavy atom.